The first kappa shape index (κ1) is 19.9. The number of carbonyl (C=O) groups is 2. The van der Waals surface area contributed by atoms with Crippen molar-refractivity contribution in [3.63, 3.8) is 0 Å². The Hall–Kier alpha value is -3.41. The molecule has 0 spiro atoms. The van der Waals surface area contributed by atoms with Gasteiger partial charge in [-0.25, -0.2) is 0 Å². The molecular formula is C24H25N3O3. The summed E-state index contributed by atoms with van der Waals surface area (Å²) in [5.74, 6) is 0.0812. The van der Waals surface area contributed by atoms with Crippen LogP contribution in [0.2, 0.25) is 0 Å². The molecule has 3 heterocycles. The van der Waals surface area contributed by atoms with Crippen molar-refractivity contribution >= 4 is 11.8 Å². The summed E-state index contributed by atoms with van der Waals surface area (Å²) in [6, 6.07) is 16.9. The van der Waals surface area contributed by atoms with Gasteiger partial charge in [0.2, 0.25) is 5.91 Å². The van der Waals surface area contributed by atoms with Crippen LogP contribution in [0.4, 0.5) is 0 Å². The second-order valence-electron chi connectivity index (χ2n) is 7.60. The molecule has 1 unspecified atom stereocenters. The first-order valence-electron chi connectivity index (χ1n) is 10.2. The average Bonchev–Trinajstić information content (AvgIpc) is 3.33. The van der Waals surface area contributed by atoms with E-state index >= 15 is 0 Å². The predicted octanol–water partition coefficient (Wildman–Crippen LogP) is 3.74. The third-order valence-corrected chi connectivity index (χ3v) is 5.63. The number of pyridine rings is 1. The molecule has 30 heavy (non-hydrogen) atoms. The van der Waals surface area contributed by atoms with Crippen LogP contribution in [0.25, 0.3) is 0 Å². The summed E-state index contributed by atoms with van der Waals surface area (Å²) in [7, 11) is 0. The van der Waals surface area contributed by atoms with Crippen LogP contribution in [0.3, 0.4) is 0 Å². The molecule has 0 aliphatic carbocycles. The Bertz CT molecular complexity index is 994. The first-order chi connectivity index (χ1) is 14.6. The lowest BCUT2D eigenvalue weighted by atomic mass is 9.93. The van der Waals surface area contributed by atoms with Crippen LogP contribution in [-0.2, 0) is 4.79 Å². The summed E-state index contributed by atoms with van der Waals surface area (Å²) in [5, 5.41) is 3.21. The molecule has 2 aromatic heterocycles. The highest BCUT2D eigenvalue weighted by molar-refractivity contribution is 5.91. The van der Waals surface area contributed by atoms with E-state index in [0.29, 0.717) is 31.7 Å². The van der Waals surface area contributed by atoms with E-state index in [2.05, 4.69) is 10.3 Å². The summed E-state index contributed by atoms with van der Waals surface area (Å²) < 4.78 is 5.21. The van der Waals surface area contributed by atoms with Gasteiger partial charge in [-0.3, -0.25) is 14.6 Å². The number of carbonyl (C=O) groups excluding carboxylic acids is 2. The highest BCUT2D eigenvalue weighted by atomic mass is 16.3. The van der Waals surface area contributed by atoms with Crippen molar-refractivity contribution in [3.05, 3.63) is 89.6 Å². The van der Waals surface area contributed by atoms with Crippen molar-refractivity contribution in [1.82, 2.24) is 15.2 Å². The average molecular weight is 403 g/mol. The normalized spacial score (nSPS) is 15.6. The smallest absolute Gasteiger partial charge is 0.289 e. The Labute approximate surface area is 175 Å². The van der Waals surface area contributed by atoms with Gasteiger partial charge < -0.3 is 14.6 Å². The molecule has 1 saturated heterocycles. The minimum absolute atomic E-state index is 0.000922. The highest BCUT2D eigenvalue weighted by Crippen LogP contribution is 2.25. The molecule has 1 atom stereocenters. The fourth-order valence-corrected chi connectivity index (χ4v) is 3.92. The molecule has 6 nitrogen and oxygen atoms in total. The minimum atomic E-state index is -0.303. The highest BCUT2D eigenvalue weighted by Gasteiger charge is 2.30. The number of furan rings is 1. The molecule has 6 heteroatoms. The molecule has 1 N–H and O–H groups in total. The van der Waals surface area contributed by atoms with Crippen LogP contribution in [0.1, 0.15) is 46.3 Å². The maximum atomic E-state index is 13.1. The van der Waals surface area contributed by atoms with Crippen molar-refractivity contribution in [1.29, 1.82) is 0 Å². The van der Waals surface area contributed by atoms with E-state index in [0.717, 1.165) is 16.8 Å². The number of amides is 2. The van der Waals surface area contributed by atoms with Crippen molar-refractivity contribution in [3.8, 4) is 0 Å². The number of nitrogens with zero attached hydrogens (tertiary/aromatic N) is 2. The number of piperidine rings is 1. The number of hydrogen-bond donors (Lipinski definition) is 1. The van der Waals surface area contributed by atoms with E-state index in [1.807, 2.05) is 49.4 Å². The predicted molar refractivity (Wildman–Crippen MR) is 113 cm³/mol. The number of rotatable bonds is 5. The molecule has 3 aromatic rings. The topological polar surface area (TPSA) is 75.4 Å². The van der Waals surface area contributed by atoms with Crippen LogP contribution in [-0.4, -0.2) is 34.8 Å². The van der Waals surface area contributed by atoms with Gasteiger partial charge in [-0.15, -0.1) is 0 Å². The van der Waals surface area contributed by atoms with E-state index in [1.54, 1.807) is 23.2 Å². The third kappa shape index (κ3) is 4.27. The van der Waals surface area contributed by atoms with Crippen LogP contribution < -0.4 is 5.32 Å². The van der Waals surface area contributed by atoms with Crippen molar-refractivity contribution in [2.24, 2.45) is 5.92 Å². The summed E-state index contributed by atoms with van der Waals surface area (Å²) in [4.78, 5) is 31.8. The number of benzene rings is 1. The number of aromatic nitrogens is 1. The zero-order chi connectivity index (χ0) is 20.9. The Morgan fingerprint density at radius 2 is 1.83 bits per heavy atom. The van der Waals surface area contributed by atoms with Gasteiger partial charge in [0, 0.05) is 25.2 Å². The van der Waals surface area contributed by atoms with E-state index in [4.69, 9.17) is 4.42 Å². The quantitative estimate of drug-likeness (QED) is 0.704. The molecule has 0 bridgehead atoms. The molecule has 0 saturated carbocycles. The fourth-order valence-electron chi connectivity index (χ4n) is 3.92. The maximum Gasteiger partial charge on any atom is 0.289 e. The zero-order valence-corrected chi connectivity index (χ0v) is 17.0. The van der Waals surface area contributed by atoms with Gasteiger partial charge in [-0.05, 0) is 49.1 Å². The summed E-state index contributed by atoms with van der Waals surface area (Å²) in [5.41, 5.74) is 2.88. The van der Waals surface area contributed by atoms with Crippen molar-refractivity contribution < 1.29 is 14.0 Å². The Morgan fingerprint density at radius 1 is 1.07 bits per heavy atom. The Kier molecular flexibility index (Phi) is 5.93. The fraction of sp³-hybridized carbons (Fsp3) is 0.292. The Morgan fingerprint density at radius 3 is 2.50 bits per heavy atom. The van der Waals surface area contributed by atoms with Crippen LogP contribution in [0.15, 0.2) is 71.5 Å². The maximum absolute atomic E-state index is 13.1. The van der Waals surface area contributed by atoms with E-state index < -0.39 is 0 Å². The second kappa shape index (κ2) is 8.95. The minimum Gasteiger partial charge on any atom is -0.459 e. The lowest BCUT2D eigenvalue weighted by Gasteiger charge is -2.32. The number of aryl methyl sites for hydroxylation is 1. The molecule has 1 aliphatic rings. The van der Waals surface area contributed by atoms with Gasteiger partial charge in [0.05, 0.1) is 18.0 Å². The molecule has 154 valence electrons. The summed E-state index contributed by atoms with van der Waals surface area (Å²) in [6.07, 6.45) is 4.50. The molecule has 1 fully saturated rings. The monoisotopic (exact) mass is 403 g/mol. The van der Waals surface area contributed by atoms with Gasteiger partial charge in [0.1, 0.15) is 0 Å². The van der Waals surface area contributed by atoms with Crippen molar-refractivity contribution in [2.75, 3.05) is 13.1 Å². The van der Waals surface area contributed by atoms with Gasteiger partial charge in [-0.2, -0.15) is 0 Å². The SMILES string of the molecule is Cc1cccnc1C(NC(=O)C1CCN(C(=O)c2ccco2)CC1)c1ccccc1. The molecule has 1 aliphatic heterocycles. The van der Waals surface area contributed by atoms with Gasteiger partial charge in [0.25, 0.3) is 5.91 Å². The first-order valence-corrected chi connectivity index (χ1v) is 10.2. The zero-order valence-electron chi connectivity index (χ0n) is 17.0. The molecule has 2 amide bonds. The van der Waals surface area contributed by atoms with E-state index in [9.17, 15) is 9.59 Å². The van der Waals surface area contributed by atoms with Gasteiger partial charge in [0.15, 0.2) is 5.76 Å². The van der Waals surface area contributed by atoms with E-state index in [-0.39, 0.29) is 23.8 Å². The Balaban J connectivity index is 1.45. The number of nitrogens with one attached hydrogen (secondary N) is 1. The summed E-state index contributed by atoms with van der Waals surface area (Å²) in [6.45, 7) is 3.08. The van der Waals surface area contributed by atoms with E-state index in [1.165, 1.54) is 6.26 Å². The lowest BCUT2D eigenvalue weighted by molar-refractivity contribution is -0.126. The van der Waals surface area contributed by atoms with Crippen LogP contribution in [0.5, 0.6) is 0 Å². The summed E-state index contributed by atoms with van der Waals surface area (Å²) >= 11 is 0. The molecule has 1 aromatic carbocycles. The molecule has 0 radical (unpaired) electrons. The van der Waals surface area contributed by atoms with Crippen LogP contribution >= 0.6 is 0 Å². The molecular weight excluding hydrogens is 378 g/mol. The third-order valence-electron chi connectivity index (χ3n) is 5.63. The molecule has 4 rings (SSSR count). The lowest BCUT2D eigenvalue weighted by Crippen LogP contribution is -2.44. The number of hydrogen-bond acceptors (Lipinski definition) is 4. The van der Waals surface area contributed by atoms with Gasteiger partial charge >= 0.3 is 0 Å². The largest absolute Gasteiger partial charge is 0.459 e. The second-order valence-corrected chi connectivity index (χ2v) is 7.60. The van der Waals surface area contributed by atoms with Gasteiger partial charge in [-0.1, -0.05) is 36.4 Å². The number of likely N-dealkylation sites (tertiary alicyclic amines) is 1. The standard InChI is InChI=1S/C24H25N3O3/c1-17-7-5-13-25-21(17)22(18-8-3-2-4-9-18)26-23(28)19-11-14-27(15-12-19)24(29)20-10-6-16-30-20/h2-10,13,16,19,22H,11-12,14-15H2,1H3,(H,26,28). The van der Waals surface area contributed by atoms with Crippen molar-refractivity contribution in [2.45, 2.75) is 25.8 Å². The van der Waals surface area contributed by atoms with Crippen LogP contribution in [0, 0.1) is 12.8 Å².